The molecule has 19 heavy (non-hydrogen) atoms. The first kappa shape index (κ1) is 13.2. The maximum Gasteiger partial charge on any atom is 0.126 e. The van der Waals surface area contributed by atoms with Crippen LogP contribution in [0.3, 0.4) is 0 Å². The van der Waals surface area contributed by atoms with E-state index in [1.54, 1.807) is 7.11 Å². The van der Waals surface area contributed by atoms with Crippen LogP contribution < -0.4 is 4.74 Å². The summed E-state index contributed by atoms with van der Waals surface area (Å²) in [5.41, 5.74) is 3.43. The fourth-order valence-electron chi connectivity index (χ4n) is 2.01. The number of methoxy groups -OCH3 is 1. The third kappa shape index (κ3) is 3.16. The highest BCUT2D eigenvalue weighted by atomic mass is 16.5. The van der Waals surface area contributed by atoms with Gasteiger partial charge in [0.25, 0.3) is 0 Å². The molecule has 0 bridgehead atoms. The molecule has 0 spiro atoms. The van der Waals surface area contributed by atoms with E-state index >= 15 is 0 Å². The van der Waals surface area contributed by atoms with Gasteiger partial charge in [-0.3, -0.25) is 0 Å². The van der Waals surface area contributed by atoms with E-state index in [0.29, 0.717) is 0 Å². The van der Waals surface area contributed by atoms with E-state index in [-0.39, 0.29) is 0 Å². The Morgan fingerprint density at radius 3 is 2.21 bits per heavy atom. The van der Waals surface area contributed by atoms with Gasteiger partial charge in [0.05, 0.1) is 7.11 Å². The smallest absolute Gasteiger partial charge is 0.126 e. The second-order valence-electron chi connectivity index (χ2n) is 4.53. The molecular weight excluding hydrogens is 234 g/mol. The quantitative estimate of drug-likeness (QED) is 0.769. The number of hydrogen-bond donors (Lipinski definition) is 0. The van der Waals surface area contributed by atoms with Crippen LogP contribution in [-0.2, 0) is 0 Å². The van der Waals surface area contributed by atoms with Crippen molar-refractivity contribution in [2.45, 2.75) is 0 Å². The number of nitrogens with zero attached hydrogens (tertiary/aromatic N) is 1. The van der Waals surface area contributed by atoms with Crippen molar-refractivity contribution in [3.63, 3.8) is 0 Å². The Kier molecular flexibility index (Phi) is 4.24. The number of para-hydroxylation sites is 1. The number of benzene rings is 2. The Hall–Kier alpha value is -2.22. The van der Waals surface area contributed by atoms with Gasteiger partial charge in [-0.2, -0.15) is 0 Å². The lowest BCUT2D eigenvalue weighted by Crippen LogP contribution is -2.09. The van der Waals surface area contributed by atoms with Gasteiger partial charge in [0.1, 0.15) is 5.75 Å². The lowest BCUT2D eigenvalue weighted by molar-refractivity contribution is 0.414. The zero-order valence-electron chi connectivity index (χ0n) is 11.6. The number of hydrogen-bond acceptors (Lipinski definition) is 2. The molecule has 2 aromatic carbocycles. The SMILES string of the molecule is COc1ccccc1/C=C(\c1ccccc1)N(C)C. The maximum absolute atomic E-state index is 5.40. The van der Waals surface area contributed by atoms with Gasteiger partial charge >= 0.3 is 0 Å². The van der Waals surface area contributed by atoms with Crippen LogP contribution in [0.2, 0.25) is 0 Å². The van der Waals surface area contributed by atoms with Crippen molar-refractivity contribution >= 4 is 11.8 Å². The molecule has 0 saturated carbocycles. The molecule has 0 fully saturated rings. The van der Waals surface area contributed by atoms with E-state index in [9.17, 15) is 0 Å². The molecule has 0 atom stereocenters. The molecule has 0 aliphatic rings. The molecule has 0 heterocycles. The fourth-order valence-corrected chi connectivity index (χ4v) is 2.01. The zero-order chi connectivity index (χ0) is 13.7. The van der Waals surface area contributed by atoms with Gasteiger partial charge in [-0.15, -0.1) is 0 Å². The molecule has 0 N–H and O–H groups in total. The van der Waals surface area contributed by atoms with Crippen molar-refractivity contribution in [3.8, 4) is 5.75 Å². The predicted molar refractivity (Wildman–Crippen MR) is 81.0 cm³/mol. The third-order valence-corrected chi connectivity index (χ3v) is 2.98. The molecule has 0 aliphatic carbocycles. The Labute approximate surface area is 114 Å². The monoisotopic (exact) mass is 253 g/mol. The Morgan fingerprint density at radius 1 is 0.947 bits per heavy atom. The minimum atomic E-state index is 0.887. The third-order valence-electron chi connectivity index (χ3n) is 2.98. The minimum Gasteiger partial charge on any atom is -0.496 e. The summed E-state index contributed by atoms with van der Waals surface area (Å²) in [6, 6.07) is 18.4. The van der Waals surface area contributed by atoms with E-state index < -0.39 is 0 Å². The van der Waals surface area contributed by atoms with Gasteiger partial charge in [0, 0.05) is 25.4 Å². The molecule has 98 valence electrons. The summed E-state index contributed by atoms with van der Waals surface area (Å²) in [7, 11) is 5.80. The van der Waals surface area contributed by atoms with Crippen LogP contribution in [0.1, 0.15) is 11.1 Å². The van der Waals surface area contributed by atoms with E-state index in [2.05, 4.69) is 41.3 Å². The van der Waals surface area contributed by atoms with Crippen molar-refractivity contribution in [2.24, 2.45) is 0 Å². The average molecular weight is 253 g/mol. The van der Waals surface area contributed by atoms with Gasteiger partial charge in [-0.05, 0) is 17.7 Å². The van der Waals surface area contributed by atoms with Crippen molar-refractivity contribution in [1.29, 1.82) is 0 Å². The molecule has 0 unspecified atom stereocenters. The van der Waals surface area contributed by atoms with Gasteiger partial charge in [-0.1, -0.05) is 48.5 Å². The van der Waals surface area contributed by atoms with Crippen LogP contribution in [-0.4, -0.2) is 26.1 Å². The molecule has 2 aromatic rings. The maximum atomic E-state index is 5.40. The van der Waals surface area contributed by atoms with Crippen molar-refractivity contribution in [3.05, 3.63) is 65.7 Å². The fraction of sp³-hybridized carbons (Fsp3) is 0.176. The van der Waals surface area contributed by atoms with Gasteiger partial charge in [-0.25, -0.2) is 0 Å². The summed E-state index contributed by atoms with van der Waals surface area (Å²) in [6.45, 7) is 0. The van der Waals surface area contributed by atoms with E-state index in [1.807, 2.05) is 38.4 Å². The topological polar surface area (TPSA) is 12.5 Å². The van der Waals surface area contributed by atoms with E-state index in [1.165, 1.54) is 5.56 Å². The molecule has 2 heteroatoms. The normalized spacial score (nSPS) is 11.2. The highest BCUT2D eigenvalue weighted by molar-refractivity contribution is 5.81. The number of ether oxygens (including phenoxy) is 1. The van der Waals surface area contributed by atoms with Crippen LogP contribution in [0.5, 0.6) is 5.75 Å². The summed E-state index contributed by atoms with van der Waals surface area (Å²) >= 11 is 0. The summed E-state index contributed by atoms with van der Waals surface area (Å²) in [6.07, 6.45) is 2.15. The highest BCUT2D eigenvalue weighted by Crippen LogP contribution is 2.25. The van der Waals surface area contributed by atoms with Crippen molar-refractivity contribution in [2.75, 3.05) is 21.2 Å². The van der Waals surface area contributed by atoms with Crippen LogP contribution in [0.25, 0.3) is 11.8 Å². The largest absolute Gasteiger partial charge is 0.496 e. The van der Waals surface area contributed by atoms with Crippen LogP contribution in [0.4, 0.5) is 0 Å². The Balaban J connectivity index is 2.48. The Bertz CT molecular complexity index is 558. The molecule has 0 aliphatic heterocycles. The first-order valence-electron chi connectivity index (χ1n) is 6.30. The number of rotatable bonds is 4. The Morgan fingerprint density at radius 2 is 1.58 bits per heavy atom. The summed E-state index contributed by atoms with van der Waals surface area (Å²) in [4.78, 5) is 2.11. The summed E-state index contributed by atoms with van der Waals surface area (Å²) < 4.78 is 5.40. The van der Waals surface area contributed by atoms with Crippen molar-refractivity contribution in [1.82, 2.24) is 4.90 Å². The first-order chi connectivity index (χ1) is 9.22. The lowest BCUT2D eigenvalue weighted by atomic mass is 10.1. The van der Waals surface area contributed by atoms with Gasteiger partial charge < -0.3 is 9.64 Å². The van der Waals surface area contributed by atoms with Gasteiger partial charge in [0.2, 0.25) is 0 Å². The molecule has 0 radical (unpaired) electrons. The molecule has 2 nitrogen and oxygen atoms in total. The lowest BCUT2D eigenvalue weighted by Gasteiger charge is -2.18. The summed E-state index contributed by atoms with van der Waals surface area (Å²) in [5.74, 6) is 0.887. The molecule has 0 aromatic heterocycles. The molecule has 0 saturated heterocycles. The van der Waals surface area contributed by atoms with Crippen LogP contribution in [0, 0.1) is 0 Å². The van der Waals surface area contributed by atoms with Crippen molar-refractivity contribution < 1.29 is 4.74 Å². The molecule has 2 rings (SSSR count). The molecule has 0 amide bonds. The predicted octanol–water partition coefficient (Wildman–Crippen LogP) is 3.75. The first-order valence-corrected chi connectivity index (χ1v) is 6.30. The zero-order valence-corrected chi connectivity index (χ0v) is 11.6. The second-order valence-corrected chi connectivity index (χ2v) is 4.53. The van der Waals surface area contributed by atoms with Crippen LogP contribution >= 0.6 is 0 Å². The van der Waals surface area contributed by atoms with E-state index in [4.69, 9.17) is 4.74 Å². The van der Waals surface area contributed by atoms with Crippen LogP contribution in [0.15, 0.2) is 54.6 Å². The minimum absolute atomic E-state index is 0.887. The average Bonchev–Trinajstić information content (AvgIpc) is 2.45. The van der Waals surface area contributed by atoms with Gasteiger partial charge in [0.15, 0.2) is 0 Å². The van der Waals surface area contributed by atoms with E-state index in [0.717, 1.165) is 17.0 Å². The summed E-state index contributed by atoms with van der Waals surface area (Å²) in [5, 5.41) is 0. The highest BCUT2D eigenvalue weighted by Gasteiger charge is 2.06. The second kappa shape index (κ2) is 6.10. The standard InChI is InChI=1S/C17H19NO/c1-18(2)16(14-9-5-4-6-10-14)13-15-11-7-8-12-17(15)19-3/h4-13H,1-3H3/b16-13+. The molecular formula is C17H19NO.